The van der Waals surface area contributed by atoms with Gasteiger partial charge in [0.05, 0.1) is 5.56 Å². The summed E-state index contributed by atoms with van der Waals surface area (Å²) in [7, 11) is 0. The predicted octanol–water partition coefficient (Wildman–Crippen LogP) is 2.55. The molecule has 0 radical (unpaired) electrons. The summed E-state index contributed by atoms with van der Waals surface area (Å²) in [5.74, 6) is -0.760. The van der Waals surface area contributed by atoms with E-state index in [9.17, 15) is 14.4 Å². The molecule has 2 amide bonds. The number of ether oxygens (including phenoxy) is 1. The van der Waals surface area contributed by atoms with Crippen LogP contribution in [0.15, 0.2) is 15.9 Å². The Morgan fingerprint density at radius 1 is 1.25 bits per heavy atom. The number of nitrogens with one attached hydrogen (secondary N) is 1. The molecule has 0 aliphatic heterocycles. The fourth-order valence-electron chi connectivity index (χ4n) is 2.18. The number of rotatable bonds is 5. The molecule has 0 aliphatic rings. The molecule has 0 saturated heterocycles. The fraction of sp³-hybridized carbons (Fsp3) is 0.312. The maximum atomic E-state index is 12.3. The number of furan rings is 1. The molecule has 0 aromatic carbocycles. The average Bonchev–Trinajstić information content (AvgIpc) is 3.04. The number of nitrogens with two attached hydrogens (primary N) is 1. The summed E-state index contributed by atoms with van der Waals surface area (Å²) in [6.45, 7) is 6.60. The summed E-state index contributed by atoms with van der Waals surface area (Å²) in [6.07, 6.45) is -1.05. The van der Waals surface area contributed by atoms with Crippen LogP contribution in [-0.2, 0) is 9.53 Å². The van der Waals surface area contributed by atoms with Gasteiger partial charge < -0.3 is 20.2 Å². The van der Waals surface area contributed by atoms with Gasteiger partial charge in [0.15, 0.2) is 6.10 Å². The lowest BCUT2D eigenvalue weighted by molar-refractivity contribution is -0.123. The first kappa shape index (κ1) is 17.7. The zero-order valence-corrected chi connectivity index (χ0v) is 14.6. The smallest absolute Gasteiger partial charge is 0.342 e. The van der Waals surface area contributed by atoms with Gasteiger partial charge in [-0.15, -0.1) is 11.3 Å². The normalized spacial score (nSPS) is 11.8. The predicted molar refractivity (Wildman–Crippen MR) is 89.3 cm³/mol. The highest BCUT2D eigenvalue weighted by Gasteiger charge is 2.25. The van der Waals surface area contributed by atoms with Gasteiger partial charge in [-0.3, -0.25) is 9.59 Å². The van der Waals surface area contributed by atoms with Crippen LogP contribution in [0, 0.1) is 20.8 Å². The largest absolute Gasteiger partial charge is 0.465 e. The first-order valence-electron chi connectivity index (χ1n) is 7.18. The lowest BCUT2D eigenvalue weighted by Gasteiger charge is -2.13. The molecule has 0 saturated carbocycles. The zero-order valence-electron chi connectivity index (χ0n) is 13.8. The lowest BCUT2D eigenvalue weighted by atomic mass is 10.1. The Morgan fingerprint density at radius 3 is 2.46 bits per heavy atom. The van der Waals surface area contributed by atoms with Crippen LogP contribution in [0.1, 0.15) is 44.7 Å². The summed E-state index contributed by atoms with van der Waals surface area (Å²) >= 11 is 1.16. The first-order valence-corrected chi connectivity index (χ1v) is 8.06. The van der Waals surface area contributed by atoms with Crippen molar-refractivity contribution in [3.63, 3.8) is 0 Å². The summed E-state index contributed by atoms with van der Waals surface area (Å²) in [6, 6.07) is 1.51. The van der Waals surface area contributed by atoms with Crippen molar-refractivity contribution in [3.8, 4) is 0 Å². The SMILES string of the molecule is Cc1oc(C)c(C(=O)O[C@H](C)C(=O)Nc2sccc2C(N)=O)c1C. The van der Waals surface area contributed by atoms with E-state index in [0.717, 1.165) is 11.3 Å². The molecule has 0 aliphatic carbocycles. The van der Waals surface area contributed by atoms with Gasteiger partial charge in [0, 0.05) is 5.56 Å². The number of carbonyl (C=O) groups is 3. The van der Waals surface area contributed by atoms with Crippen LogP contribution in [0.2, 0.25) is 0 Å². The number of hydrogen-bond donors (Lipinski definition) is 2. The average molecular weight is 350 g/mol. The van der Waals surface area contributed by atoms with E-state index < -0.39 is 23.9 Å². The molecule has 2 aromatic rings. The summed E-state index contributed by atoms with van der Waals surface area (Å²) in [4.78, 5) is 35.7. The van der Waals surface area contributed by atoms with Gasteiger partial charge in [0.25, 0.3) is 11.8 Å². The van der Waals surface area contributed by atoms with Crippen LogP contribution >= 0.6 is 11.3 Å². The number of aryl methyl sites for hydroxylation is 2. The molecular weight excluding hydrogens is 332 g/mol. The van der Waals surface area contributed by atoms with Crippen molar-refractivity contribution in [2.24, 2.45) is 5.73 Å². The minimum absolute atomic E-state index is 0.212. The molecule has 7 nitrogen and oxygen atoms in total. The van der Waals surface area contributed by atoms with E-state index in [0.29, 0.717) is 27.6 Å². The third-order valence-corrected chi connectivity index (χ3v) is 4.42. The number of primary amides is 1. The third kappa shape index (κ3) is 3.48. The summed E-state index contributed by atoms with van der Waals surface area (Å²) in [5.41, 5.74) is 6.44. The first-order chi connectivity index (χ1) is 11.2. The number of anilines is 1. The Labute approximate surface area is 142 Å². The van der Waals surface area contributed by atoms with Crippen molar-refractivity contribution in [1.82, 2.24) is 0 Å². The number of thiophene rings is 1. The topological polar surface area (TPSA) is 112 Å². The molecule has 0 fully saturated rings. The Hall–Kier alpha value is -2.61. The summed E-state index contributed by atoms with van der Waals surface area (Å²) < 4.78 is 10.6. The summed E-state index contributed by atoms with van der Waals surface area (Å²) in [5, 5.41) is 4.49. The highest BCUT2D eigenvalue weighted by molar-refractivity contribution is 7.14. The van der Waals surface area contributed by atoms with Gasteiger partial charge in [-0.05, 0) is 39.1 Å². The van der Waals surface area contributed by atoms with Crippen LogP contribution in [-0.4, -0.2) is 23.9 Å². The fourth-order valence-corrected chi connectivity index (χ4v) is 2.98. The van der Waals surface area contributed by atoms with Crippen LogP contribution in [0.4, 0.5) is 5.00 Å². The van der Waals surface area contributed by atoms with Gasteiger partial charge in [-0.25, -0.2) is 4.79 Å². The molecule has 2 rings (SSSR count). The van der Waals surface area contributed by atoms with Crippen molar-refractivity contribution >= 4 is 34.1 Å². The molecule has 24 heavy (non-hydrogen) atoms. The zero-order chi connectivity index (χ0) is 18.0. The van der Waals surface area contributed by atoms with Gasteiger partial charge in [-0.2, -0.15) is 0 Å². The molecule has 0 spiro atoms. The van der Waals surface area contributed by atoms with Crippen molar-refractivity contribution in [2.75, 3.05) is 5.32 Å². The molecular formula is C16H18N2O5S. The molecule has 128 valence electrons. The van der Waals surface area contributed by atoms with Crippen LogP contribution in [0.3, 0.4) is 0 Å². The van der Waals surface area contributed by atoms with E-state index >= 15 is 0 Å². The number of carbonyl (C=O) groups excluding carboxylic acids is 3. The van der Waals surface area contributed by atoms with Gasteiger partial charge in [0.1, 0.15) is 22.1 Å². The van der Waals surface area contributed by atoms with Crippen molar-refractivity contribution in [2.45, 2.75) is 33.8 Å². The van der Waals surface area contributed by atoms with Crippen molar-refractivity contribution in [3.05, 3.63) is 39.7 Å². The maximum Gasteiger partial charge on any atom is 0.342 e. The third-order valence-electron chi connectivity index (χ3n) is 3.59. The van der Waals surface area contributed by atoms with Crippen LogP contribution in [0.25, 0.3) is 0 Å². The maximum absolute atomic E-state index is 12.3. The van der Waals surface area contributed by atoms with Gasteiger partial charge >= 0.3 is 5.97 Å². The van der Waals surface area contributed by atoms with E-state index in [1.807, 2.05) is 0 Å². The van der Waals surface area contributed by atoms with Gasteiger partial charge in [0.2, 0.25) is 0 Å². The van der Waals surface area contributed by atoms with E-state index in [2.05, 4.69) is 5.32 Å². The monoisotopic (exact) mass is 350 g/mol. The Morgan fingerprint density at radius 2 is 1.92 bits per heavy atom. The Balaban J connectivity index is 2.07. The molecule has 2 aromatic heterocycles. The van der Waals surface area contributed by atoms with E-state index in [4.69, 9.17) is 14.9 Å². The number of hydrogen-bond acceptors (Lipinski definition) is 6. The highest BCUT2D eigenvalue weighted by Crippen LogP contribution is 2.24. The second-order valence-corrected chi connectivity index (χ2v) is 6.19. The van der Waals surface area contributed by atoms with Crippen LogP contribution < -0.4 is 11.1 Å². The molecule has 0 bridgehead atoms. The Bertz CT molecular complexity index is 805. The van der Waals surface area contributed by atoms with E-state index in [1.165, 1.54) is 13.0 Å². The second kappa shape index (κ2) is 6.88. The van der Waals surface area contributed by atoms with E-state index in [1.54, 1.807) is 26.2 Å². The minimum Gasteiger partial charge on any atom is -0.465 e. The number of esters is 1. The lowest BCUT2D eigenvalue weighted by Crippen LogP contribution is -2.30. The quantitative estimate of drug-likeness (QED) is 0.805. The molecule has 1 atom stereocenters. The highest BCUT2D eigenvalue weighted by atomic mass is 32.1. The number of amides is 2. The minimum atomic E-state index is -1.05. The molecule has 3 N–H and O–H groups in total. The molecule has 8 heteroatoms. The molecule has 0 unspecified atom stereocenters. The van der Waals surface area contributed by atoms with Gasteiger partial charge in [-0.1, -0.05) is 0 Å². The second-order valence-electron chi connectivity index (χ2n) is 5.28. The molecule has 2 heterocycles. The van der Waals surface area contributed by atoms with E-state index in [-0.39, 0.29) is 5.56 Å². The Kier molecular flexibility index (Phi) is 5.08. The van der Waals surface area contributed by atoms with Crippen molar-refractivity contribution < 1.29 is 23.5 Å². The van der Waals surface area contributed by atoms with Crippen molar-refractivity contribution in [1.29, 1.82) is 0 Å². The standard InChI is InChI=1S/C16H18N2O5S/c1-7-8(2)22-9(3)12(7)16(21)23-10(4)14(20)18-15-11(13(17)19)5-6-24-15/h5-6,10H,1-4H3,(H2,17,19)(H,18,20)/t10-/m1/s1. The van der Waals surface area contributed by atoms with Crippen LogP contribution in [0.5, 0.6) is 0 Å².